The largest absolute Gasteiger partial charge is 0.439 e. The Bertz CT molecular complexity index is 582. The second kappa shape index (κ2) is 5.42. The van der Waals surface area contributed by atoms with Crippen molar-refractivity contribution >= 4 is 23.6 Å². The van der Waals surface area contributed by atoms with Gasteiger partial charge in [0, 0.05) is 11.1 Å². The molecule has 0 amide bonds. The molecule has 0 fully saturated rings. The topological polar surface area (TPSA) is 63.0 Å². The van der Waals surface area contributed by atoms with E-state index in [1.165, 1.54) is 6.07 Å². The first-order valence-corrected chi connectivity index (χ1v) is 5.52. The summed E-state index contributed by atoms with van der Waals surface area (Å²) in [6.07, 6.45) is 0.717. The predicted octanol–water partition coefficient (Wildman–Crippen LogP) is 3.36. The standard InChI is InChI=1S/C13H9ClN2O2/c14-9-4-6-10(7-5-9)18-13-3-1-2-11(16-13)12(17)8-15/h1-8,15H. The first-order valence-electron chi connectivity index (χ1n) is 5.14. The summed E-state index contributed by atoms with van der Waals surface area (Å²) in [6.45, 7) is 0. The molecule has 0 saturated heterocycles. The summed E-state index contributed by atoms with van der Waals surface area (Å²) in [6, 6.07) is 11.6. The van der Waals surface area contributed by atoms with Crippen LogP contribution in [-0.2, 0) is 0 Å². The quantitative estimate of drug-likeness (QED) is 0.677. The first kappa shape index (κ1) is 12.3. The number of halogens is 1. The van der Waals surface area contributed by atoms with E-state index in [-0.39, 0.29) is 5.69 Å². The Kier molecular flexibility index (Phi) is 3.69. The lowest BCUT2D eigenvalue weighted by atomic mass is 10.2. The van der Waals surface area contributed by atoms with Crippen LogP contribution in [0.15, 0.2) is 42.5 Å². The van der Waals surface area contributed by atoms with Crippen molar-refractivity contribution < 1.29 is 9.53 Å². The molecule has 4 nitrogen and oxygen atoms in total. The summed E-state index contributed by atoms with van der Waals surface area (Å²) in [7, 11) is 0. The van der Waals surface area contributed by atoms with Crippen LogP contribution < -0.4 is 4.74 Å². The van der Waals surface area contributed by atoms with Crippen molar-refractivity contribution in [2.75, 3.05) is 0 Å². The number of nitrogens with zero attached hydrogens (tertiary/aromatic N) is 1. The lowest BCUT2D eigenvalue weighted by Gasteiger charge is -2.05. The van der Waals surface area contributed by atoms with Crippen molar-refractivity contribution in [3.8, 4) is 11.6 Å². The van der Waals surface area contributed by atoms with E-state index in [9.17, 15) is 4.79 Å². The second-order valence-electron chi connectivity index (χ2n) is 3.43. The minimum atomic E-state index is -0.462. The average Bonchev–Trinajstić information content (AvgIpc) is 2.41. The number of ether oxygens (including phenoxy) is 1. The number of hydrogen-bond donors (Lipinski definition) is 1. The van der Waals surface area contributed by atoms with Crippen LogP contribution in [0.3, 0.4) is 0 Å². The number of benzene rings is 1. The SMILES string of the molecule is N=CC(=O)c1cccc(Oc2ccc(Cl)cc2)n1. The summed E-state index contributed by atoms with van der Waals surface area (Å²) < 4.78 is 5.47. The highest BCUT2D eigenvalue weighted by molar-refractivity contribution is 6.33. The molecule has 5 heteroatoms. The van der Waals surface area contributed by atoms with E-state index in [0.717, 1.165) is 0 Å². The lowest BCUT2D eigenvalue weighted by molar-refractivity contribution is 0.106. The van der Waals surface area contributed by atoms with Crippen molar-refractivity contribution in [2.24, 2.45) is 0 Å². The van der Waals surface area contributed by atoms with E-state index in [2.05, 4.69) is 4.98 Å². The Balaban J connectivity index is 2.21. The van der Waals surface area contributed by atoms with E-state index in [1.54, 1.807) is 36.4 Å². The second-order valence-corrected chi connectivity index (χ2v) is 3.86. The van der Waals surface area contributed by atoms with Crippen LogP contribution in [0.2, 0.25) is 5.02 Å². The molecule has 90 valence electrons. The van der Waals surface area contributed by atoms with Gasteiger partial charge in [0.2, 0.25) is 11.7 Å². The van der Waals surface area contributed by atoms with Crippen LogP contribution in [0.5, 0.6) is 11.6 Å². The number of carbonyl (C=O) groups is 1. The number of aromatic nitrogens is 1. The molecule has 0 radical (unpaired) electrons. The van der Waals surface area contributed by atoms with Crippen LogP contribution >= 0.6 is 11.6 Å². The maximum Gasteiger partial charge on any atom is 0.221 e. The Labute approximate surface area is 109 Å². The highest BCUT2D eigenvalue weighted by Crippen LogP contribution is 2.21. The molecular formula is C13H9ClN2O2. The molecule has 1 N–H and O–H groups in total. The van der Waals surface area contributed by atoms with Gasteiger partial charge in [-0.3, -0.25) is 4.79 Å². The molecule has 1 aromatic heterocycles. The molecule has 0 saturated carbocycles. The summed E-state index contributed by atoms with van der Waals surface area (Å²) in [4.78, 5) is 15.3. The normalized spacial score (nSPS) is 9.83. The van der Waals surface area contributed by atoms with Gasteiger partial charge in [-0.25, -0.2) is 4.98 Å². The molecule has 0 bridgehead atoms. The number of hydrogen-bond acceptors (Lipinski definition) is 4. The fraction of sp³-hybridized carbons (Fsp3) is 0. The molecule has 1 aromatic carbocycles. The van der Waals surface area contributed by atoms with Crippen molar-refractivity contribution in [2.45, 2.75) is 0 Å². The van der Waals surface area contributed by atoms with Crippen LogP contribution in [0, 0.1) is 5.41 Å². The fourth-order valence-electron chi connectivity index (χ4n) is 1.31. The monoisotopic (exact) mass is 260 g/mol. The van der Waals surface area contributed by atoms with Crippen molar-refractivity contribution in [3.05, 3.63) is 53.2 Å². The zero-order valence-corrected chi connectivity index (χ0v) is 10.0. The van der Waals surface area contributed by atoms with Gasteiger partial charge >= 0.3 is 0 Å². The van der Waals surface area contributed by atoms with Gasteiger partial charge in [0.25, 0.3) is 0 Å². The first-order chi connectivity index (χ1) is 8.69. The van der Waals surface area contributed by atoms with Gasteiger partial charge in [0.1, 0.15) is 11.4 Å². The molecular weight excluding hydrogens is 252 g/mol. The average molecular weight is 261 g/mol. The smallest absolute Gasteiger partial charge is 0.221 e. The highest BCUT2D eigenvalue weighted by atomic mass is 35.5. The van der Waals surface area contributed by atoms with E-state index >= 15 is 0 Å². The molecule has 1 heterocycles. The number of rotatable bonds is 4. The maximum atomic E-state index is 11.3. The summed E-state index contributed by atoms with van der Waals surface area (Å²) in [5.74, 6) is 0.410. The Morgan fingerprint density at radius 1 is 1.22 bits per heavy atom. The molecule has 0 spiro atoms. The van der Waals surface area contributed by atoms with Gasteiger partial charge in [-0.1, -0.05) is 17.7 Å². The maximum absolute atomic E-state index is 11.3. The zero-order chi connectivity index (χ0) is 13.0. The molecule has 2 aromatic rings. The summed E-state index contributed by atoms with van der Waals surface area (Å²) in [5.41, 5.74) is 0.177. The van der Waals surface area contributed by atoms with Gasteiger partial charge in [0.05, 0.1) is 6.21 Å². The molecule has 2 rings (SSSR count). The van der Waals surface area contributed by atoms with Crippen LogP contribution in [-0.4, -0.2) is 17.0 Å². The lowest BCUT2D eigenvalue weighted by Crippen LogP contribution is -2.03. The van der Waals surface area contributed by atoms with Crippen LogP contribution in [0.25, 0.3) is 0 Å². The molecule has 0 aliphatic rings. The highest BCUT2D eigenvalue weighted by Gasteiger charge is 2.06. The van der Waals surface area contributed by atoms with Gasteiger partial charge in [-0.15, -0.1) is 0 Å². The summed E-state index contributed by atoms with van der Waals surface area (Å²) >= 11 is 5.76. The summed E-state index contributed by atoms with van der Waals surface area (Å²) in [5, 5.41) is 7.51. The van der Waals surface area contributed by atoms with E-state index < -0.39 is 5.78 Å². The zero-order valence-electron chi connectivity index (χ0n) is 9.26. The van der Waals surface area contributed by atoms with Crippen molar-refractivity contribution in [3.63, 3.8) is 0 Å². The van der Waals surface area contributed by atoms with E-state index in [4.69, 9.17) is 21.7 Å². The van der Waals surface area contributed by atoms with Gasteiger partial charge in [0.15, 0.2) is 0 Å². The predicted molar refractivity (Wildman–Crippen MR) is 68.9 cm³/mol. The number of carbonyl (C=O) groups excluding carboxylic acids is 1. The molecule has 0 atom stereocenters. The van der Waals surface area contributed by atoms with E-state index in [1.807, 2.05) is 0 Å². The number of ketones is 1. The third-order valence-electron chi connectivity index (χ3n) is 2.14. The Morgan fingerprint density at radius 3 is 2.61 bits per heavy atom. The molecule has 18 heavy (non-hydrogen) atoms. The van der Waals surface area contributed by atoms with Gasteiger partial charge in [-0.05, 0) is 30.3 Å². The Morgan fingerprint density at radius 2 is 1.94 bits per heavy atom. The van der Waals surface area contributed by atoms with Crippen molar-refractivity contribution in [1.29, 1.82) is 5.41 Å². The number of nitrogens with one attached hydrogen (secondary N) is 1. The van der Waals surface area contributed by atoms with E-state index in [0.29, 0.717) is 22.9 Å². The van der Waals surface area contributed by atoms with Crippen molar-refractivity contribution in [1.82, 2.24) is 4.98 Å². The Hall–Kier alpha value is -2.20. The fourth-order valence-corrected chi connectivity index (χ4v) is 1.43. The molecule has 0 aliphatic carbocycles. The number of pyridine rings is 1. The minimum Gasteiger partial charge on any atom is -0.439 e. The molecule has 0 unspecified atom stereocenters. The third kappa shape index (κ3) is 2.93. The number of Topliss-reactive ketones (excluding diaryl/α,β-unsaturated/α-hetero) is 1. The minimum absolute atomic E-state index is 0.177. The molecule has 0 aliphatic heterocycles. The van der Waals surface area contributed by atoms with Crippen LogP contribution in [0.1, 0.15) is 10.5 Å². The van der Waals surface area contributed by atoms with Gasteiger partial charge in [-0.2, -0.15) is 0 Å². The van der Waals surface area contributed by atoms with Gasteiger partial charge < -0.3 is 10.1 Å². The third-order valence-corrected chi connectivity index (χ3v) is 2.40. The van der Waals surface area contributed by atoms with Crippen LogP contribution in [0.4, 0.5) is 0 Å².